The Kier molecular flexibility index (Phi) is 15.0. The molecular weight excluding hydrogens is 987 g/mol. The number of Topliss-reactive ketones (excluding diaryl/α,β-unsaturated/α-hetero) is 4. The van der Waals surface area contributed by atoms with Crippen LogP contribution >= 0.6 is 45.3 Å². The summed E-state index contributed by atoms with van der Waals surface area (Å²) in [5, 5.41) is 16.9. The number of hydrogen-bond donors (Lipinski definition) is 2. The lowest BCUT2D eigenvalue weighted by molar-refractivity contribution is -0.119. The third kappa shape index (κ3) is 11.3. The fourth-order valence-electron chi connectivity index (χ4n) is 10.4. The average Bonchev–Trinajstić information content (AvgIpc) is 3.92. The molecule has 72 heavy (non-hydrogen) atoms. The van der Waals surface area contributed by atoms with Crippen molar-refractivity contribution in [3.63, 3.8) is 0 Å². The van der Waals surface area contributed by atoms with E-state index in [0.29, 0.717) is 71.1 Å². The first kappa shape index (κ1) is 50.5. The molecule has 378 valence electrons. The summed E-state index contributed by atoms with van der Waals surface area (Å²) in [6, 6.07) is 0.411. The van der Waals surface area contributed by atoms with Crippen molar-refractivity contribution < 1.29 is 28.8 Å². The third-order valence-corrected chi connectivity index (χ3v) is 18.4. The number of nitrogens with one attached hydrogen (secondary N) is 2. The number of amides is 2. The summed E-state index contributed by atoms with van der Waals surface area (Å²) in [6.45, 7) is 5.83. The van der Waals surface area contributed by atoms with Crippen LogP contribution in [0, 0.1) is 0 Å². The van der Waals surface area contributed by atoms with Crippen LogP contribution in [0.1, 0.15) is 160 Å². The minimum Gasteiger partial charge on any atom is -0.343 e. The average molecular weight is 1050 g/mol. The van der Waals surface area contributed by atoms with Crippen LogP contribution < -0.4 is 10.6 Å². The molecule has 8 heterocycles. The molecule has 4 aromatic heterocycles. The Hall–Kier alpha value is -5.08. The predicted octanol–water partition coefficient (Wildman–Crippen LogP) is 9.13. The second-order valence-electron chi connectivity index (χ2n) is 20.5. The Morgan fingerprint density at radius 1 is 0.597 bits per heavy atom. The first-order chi connectivity index (χ1) is 34.7. The Bertz CT molecular complexity index is 2750. The Morgan fingerprint density at radius 2 is 1.03 bits per heavy atom. The van der Waals surface area contributed by atoms with Gasteiger partial charge in [0.2, 0.25) is 0 Å². The molecule has 6 aliphatic rings. The number of hydrogen-bond acceptors (Lipinski definition) is 17. The number of ketones is 4. The zero-order chi connectivity index (χ0) is 50.1. The highest BCUT2D eigenvalue weighted by atomic mass is 32.1. The van der Waals surface area contributed by atoms with Gasteiger partial charge in [0.1, 0.15) is 44.4 Å². The molecule has 2 fully saturated rings. The molecule has 0 saturated heterocycles. The van der Waals surface area contributed by atoms with Crippen molar-refractivity contribution in [1.29, 1.82) is 0 Å². The van der Waals surface area contributed by atoms with E-state index in [9.17, 15) is 28.8 Å². The zero-order valence-electron chi connectivity index (χ0n) is 41.2. The van der Waals surface area contributed by atoms with Crippen LogP contribution in [0.25, 0.3) is 21.4 Å². The second-order valence-corrected chi connectivity index (χ2v) is 24.1. The Morgan fingerprint density at radius 3 is 1.42 bits per heavy atom. The molecule has 0 bridgehead atoms. The molecule has 0 unspecified atom stereocenters. The summed E-state index contributed by atoms with van der Waals surface area (Å²) in [5.74, 6) is 0.0770. The number of nitrogens with zero attached hydrogens (tertiary/aromatic N) is 7. The van der Waals surface area contributed by atoms with E-state index < -0.39 is 0 Å². The number of aryl methyl sites for hydroxylation is 2. The van der Waals surface area contributed by atoms with E-state index in [-0.39, 0.29) is 71.0 Å². The van der Waals surface area contributed by atoms with Crippen molar-refractivity contribution in [3.8, 4) is 21.4 Å². The van der Waals surface area contributed by atoms with E-state index in [1.165, 1.54) is 45.3 Å². The lowest BCUT2D eigenvalue weighted by Crippen LogP contribution is -2.31. The minimum atomic E-state index is -0.346. The topological polar surface area (TPSA) is 206 Å². The van der Waals surface area contributed by atoms with Crippen molar-refractivity contribution in [2.45, 2.75) is 165 Å². The molecular formula is C53H61N9O6S4. The van der Waals surface area contributed by atoms with Crippen LogP contribution in [0.5, 0.6) is 0 Å². The van der Waals surface area contributed by atoms with Crippen LogP contribution in [0.4, 0.5) is 0 Å². The molecule has 2 amide bonds. The van der Waals surface area contributed by atoms with Gasteiger partial charge in [0, 0.05) is 96.4 Å². The van der Waals surface area contributed by atoms with Gasteiger partial charge in [-0.2, -0.15) is 0 Å². The quantitative estimate of drug-likeness (QED) is 0.0448. The van der Waals surface area contributed by atoms with Gasteiger partial charge in [-0.05, 0) is 122 Å². The summed E-state index contributed by atoms with van der Waals surface area (Å²) in [6.07, 6.45) is 13.3. The van der Waals surface area contributed by atoms with Crippen LogP contribution in [0.3, 0.4) is 0 Å². The molecule has 2 saturated carbocycles. The lowest BCUT2D eigenvalue weighted by atomic mass is 9.93. The van der Waals surface area contributed by atoms with E-state index in [1.807, 2.05) is 10.8 Å². The maximum Gasteiger partial charge on any atom is 0.253 e. The SMILES string of the molecule is C[C@H]1CCC(C2=C(CC(=O)CCc3nc(-c4nc(C(=O)CCCCN(C)CCCCC(=O)c5csc(-c6csc(CCC(=O)CC7=C(C8=N[C@@H](C)CC8)C(=O)NC78CC8)n6)n5)cs4)cs3)C3(CC3)NC2=O)=N1. The van der Waals surface area contributed by atoms with Crippen molar-refractivity contribution >= 4 is 91.7 Å². The normalized spacial score (nSPS) is 20.6. The van der Waals surface area contributed by atoms with Gasteiger partial charge in [0.05, 0.1) is 32.2 Å². The van der Waals surface area contributed by atoms with E-state index in [1.54, 1.807) is 10.8 Å². The second kappa shape index (κ2) is 21.4. The van der Waals surface area contributed by atoms with Crippen molar-refractivity contribution in [2.24, 2.45) is 9.98 Å². The van der Waals surface area contributed by atoms with Gasteiger partial charge in [-0.1, -0.05) is 0 Å². The highest BCUT2D eigenvalue weighted by Gasteiger charge is 2.56. The molecule has 4 aliphatic heterocycles. The maximum absolute atomic E-state index is 13.3. The van der Waals surface area contributed by atoms with Crippen molar-refractivity contribution in [3.05, 3.63) is 65.2 Å². The zero-order valence-corrected chi connectivity index (χ0v) is 44.5. The first-order valence-electron chi connectivity index (χ1n) is 25.6. The van der Waals surface area contributed by atoms with Gasteiger partial charge in [0.15, 0.2) is 11.6 Å². The minimum absolute atomic E-state index is 0.0170. The van der Waals surface area contributed by atoms with Crippen LogP contribution in [0.15, 0.2) is 53.8 Å². The van der Waals surface area contributed by atoms with E-state index in [0.717, 1.165) is 134 Å². The van der Waals surface area contributed by atoms with E-state index >= 15 is 0 Å². The number of carbonyl (C=O) groups excluding carboxylic acids is 6. The summed E-state index contributed by atoms with van der Waals surface area (Å²) in [5.41, 5.74) is 6.58. The molecule has 2 spiro atoms. The molecule has 4 aromatic rings. The number of carbonyl (C=O) groups is 6. The molecule has 2 N–H and O–H groups in total. The van der Waals surface area contributed by atoms with Crippen molar-refractivity contribution in [2.75, 3.05) is 20.1 Å². The first-order valence-corrected chi connectivity index (χ1v) is 29.1. The molecule has 2 atom stereocenters. The van der Waals surface area contributed by atoms with E-state index in [2.05, 4.69) is 46.4 Å². The molecule has 2 aliphatic carbocycles. The monoisotopic (exact) mass is 1050 g/mol. The molecule has 0 radical (unpaired) electrons. The number of aliphatic imine (C=N–C) groups is 2. The largest absolute Gasteiger partial charge is 0.343 e. The summed E-state index contributed by atoms with van der Waals surface area (Å²) in [7, 11) is 2.07. The van der Waals surface area contributed by atoms with Crippen LogP contribution in [-0.4, -0.2) is 115 Å². The number of aromatic nitrogens is 4. The third-order valence-electron chi connectivity index (χ3n) is 14.8. The number of unbranched alkanes of at least 4 members (excludes halogenated alkanes) is 2. The lowest BCUT2D eigenvalue weighted by Gasteiger charge is -2.15. The smallest absolute Gasteiger partial charge is 0.253 e. The summed E-state index contributed by atoms with van der Waals surface area (Å²) in [4.78, 5) is 109. The Balaban J connectivity index is 0.599. The summed E-state index contributed by atoms with van der Waals surface area (Å²) >= 11 is 5.80. The standard InChI is InChI=1S/C53H61N9O6S4/c1-30-10-14-36(54-30)46-34(52(18-19-52)60-48(46)67)24-32(63)12-16-44-56-40(28-69-44)50-58-38(26-71-50)42(65)8-4-6-22-62(3)23-7-5-9-43(66)39-27-72-51(59-39)41-29-70-45(57-41)17-13-33(64)25-35-47(37-15-11-31(2)55-37)49(68)61-53(35)20-21-53/h26-31H,4-25H2,1-3H3,(H,60,67)(H,61,68)/t30-,31-/m0/s1. The molecule has 19 heteroatoms. The van der Waals surface area contributed by atoms with Crippen LogP contribution in [-0.2, 0) is 32.0 Å². The summed E-state index contributed by atoms with van der Waals surface area (Å²) < 4.78 is 0. The highest BCUT2D eigenvalue weighted by Crippen LogP contribution is 2.50. The predicted molar refractivity (Wildman–Crippen MR) is 283 cm³/mol. The molecule has 0 aromatic carbocycles. The Labute approximate surface area is 435 Å². The maximum atomic E-state index is 13.3. The van der Waals surface area contributed by atoms with Gasteiger partial charge in [0.25, 0.3) is 11.8 Å². The van der Waals surface area contributed by atoms with Gasteiger partial charge in [-0.15, -0.1) is 45.3 Å². The van der Waals surface area contributed by atoms with Gasteiger partial charge >= 0.3 is 0 Å². The van der Waals surface area contributed by atoms with Gasteiger partial charge in [-0.25, -0.2) is 19.9 Å². The highest BCUT2D eigenvalue weighted by molar-refractivity contribution is 7.14. The van der Waals surface area contributed by atoms with Gasteiger partial charge < -0.3 is 15.5 Å². The van der Waals surface area contributed by atoms with Gasteiger partial charge in [-0.3, -0.25) is 38.8 Å². The van der Waals surface area contributed by atoms with E-state index in [4.69, 9.17) is 20.0 Å². The number of rotatable bonds is 26. The van der Waals surface area contributed by atoms with Crippen molar-refractivity contribution in [1.82, 2.24) is 35.5 Å². The fraction of sp³-hybridized carbons (Fsp3) is 0.547. The number of thiazole rings is 4. The molecule has 10 rings (SSSR count). The molecule has 15 nitrogen and oxygen atoms in total. The fourth-order valence-corrected chi connectivity index (χ4v) is 13.7. The van der Waals surface area contributed by atoms with Crippen LogP contribution in [0.2, 0.25) is 0 Å².